The van der Waals surface area contributed by atoms with Crippen molar-refractivity contribution in [2.75, 3.05) is 20.6 Å². The van der Waals surface area contributed by atoms with E-state index in [0.29, 0.717) is 18.6 Å². The van der Waals surface area contributed by atoms with E-state index in [1.54, 1.807) is 0 Å². The van der Waals surface area contributed by atoms with Gasteiger partial charge in [0, 0.05) is 12.8 Å². The number of ketones is 1. The van der Waals surface area contributed by atoms with Gasteiger partial charge in [-0.05, 0) is 13.0 Å². The Morgan fingerprint density at radius 1 is 1.43 bits per heavy atom. The first-order valence-electron chi connectivity index (χ1n) is 5.14. The molecule has 2 aliphatic rings. The van der Waals surface area contributed by atoms with Crippen LogP contribution in [0.25, 0.3) is 0 Å². The molecule has 0 aromatic rings. The van der Waals surface area contributed by atoms with Crippen molar-refractivity contribution in [3.63, 3.8) is 0 Å². The summed E-state index contributed by atoms with van der Waals surface area (Å²) in [6, 6.07) is 0. The van der Waals surface area contributed by atoms with E-state index in [9.17, 15) is 4.79 Å². The first-order chi connectivity index (χ1) is 6.43. The molecule has 78 valence electrons. The lowest BCUT2D eigenvalue weighted by atomic mass is 9.91. The minimum absolute atomic E-state index is 0.317. The molecule has 0 unspecified atom stereocenters. The second-order valence-electron chi connectivity index (χ2n) is 5.09. The highest BCUT2D eigenvalue weighted by Crippen LogP contribution is 2.40. The SMILES string of the molecule is C[NH+](C)C[C@]12C=C[C@](C)(CC(=O)C1)O2. The summed E-state index contributed by atoms with van der Waals surface area (Å²) in [5.74, 6) is 0.324. The molecular formula is C11H18NO2+. The predicted molar refractivity (Wildman–Crippen MR) is 53.3 cm³/mol. The van der Waals surface area contributed by atoms with Crippen molar-refractivity contribution < 1.29 is 14.4 Å². The van der Waals surface area contributed by atoms with E-state index in [1.807, 2.05) is 6.92 Å². The molecule has 2 bridgehead atoms. The van der Waals surface area contributed by atoms with E-state index >= 15 is 0 Å². The number of carbonyl (C=O) groups excluding carboxylic acids is 1. The molecule has 2 atom stereocenters. The molecule has 1 N–H and O–H groups in total. The van der Waals surface area contributed by atoms with Crippen molar-refractivity contribution in [2.45, 2.75) is 31.0 Å². The molecule has 0 aliphatic carbocycles. The maximum atomic E-state index is 11.6. The van der Waals surface area contributed by atoms with Gasteiger partial charge in [-0.2, -0.15) is 0 Å². The van der Waals surface area contributed by atoms with E-state index in [1.165, 1.54) is 4.90 Å². The normalized spacial score (nSPS) is 41.0. The maximum Gasteiger partial charge on any atom is 0.143 e. The van der Waals surface area contributed by atoms with Crippen molar-refractivity contribution in [1.82, 2.24) is 0 Å². The third kappa shape index (κ3) is 1.62. The van der Waals surface area contributed by atoms with Crippen LogP contribution >= 0.6 is 0 Å². The Hall–Kier alpha value is -0.670. The number of carbonyl (C=O) groups is 1. The summed E-state index contributed by atoms with van der Waals surface area (Å²) >= 11 is 0. The molecule has 2 aliphatic heterocycles. The van der Waals surface area contributed by atoms with Crippen molar-refractivity contribution in [3.8, 4) is 0 Å². The Morgan fingerprint density at radius 3 is 2.79 bits per heavy atom. The number of hydrogen-bond donors (Lipinski definition) is 1. The summed E-state index contributed by atoms with van der Waals surface area (Å²) in [6.07, 6.45) is 5.23. The molecule has 14 heavy (non-hydrogen) atoms. The van der Waals surface area contributed by atoms with Gasteiger partial charge in [0.15, 0.2) is 0 Å². The first kappa shape index (κ1) is 9.87. The molecule has 0 spiro atoms. The molecule has 1 saturated heterocycles. The number of Topliss-reactive ketones (excluding diaryl/α,β-unsaturated/α-hetero) is 1. The van der Waals surface area contributed by atoms with Crippen LogP contribution in [0.2, 0.25) is 0 Å². The molecule has 0 aromatic carbocycles. The Morgan fingerprint density at radius 2 is 2.14 bits per heavy atom. The van der Waals surface area contributed by atoms with E-state index in [0.717, 1.165) is 6.54 Å². The maximum absolute atomic E-state index is 11.6. The van der Waals surface area contributed by atoms with Gasteiger partial charge in [-0.25, -0.2) is 0 Å². The standard InChI is InChI=1S/C11H17NO2/c1-10-4-5-11(14-10,8-12(2)3)7-9(13)6-10/h4-5H,6-8H2,1-3H3/p+1/t10-,11+/m1/s1. The zero-order valence-electron chi connectivity index (χ0n) is 9.09. The molecule has 3 nitrogen and oxygen atoms in total. The van der Waals surface area contributed by atoms with Gasteiger partial charge in [-0.3, -0.25) is 4.79 Å². The summed E-state index contributed by atoms with van der Waals surface area (Å²) in [6.45, 7) is 2.86. The second-order valence-corrected chi connectivity index (χ2v) is 5.09. The lowest BCUT2D eigenvalue weighted by Crippen LogP contribution is -3.08. The molecule has 2 heterocycles. The van der Waals surface area contributed by atoms with Crippen LogP contribution < -0.4 is 4.90 Å². The third-order valence-electron chi connectivity index (χ3n) is 2.87. The first-order valence-corrected chi connectivity index (χ1v) is 5.14. The zero-order chi connectivity index (χ0) is 10.4. The van der Waals surface area contributed by atoms with E-state index in [-0.39, 0.29) is 11.2 Å². The van der Waals surface area contributed by atoms with Gasteiger partial charge >= 0.3 is 0 Å². The van der Waals surface area contributed by atoms with Gasteiger partial charge in [0.25, 0.3) is 0 Å². The van der Waals surface area contributed by atoms with Gasteiger partial charge in [-0.15, -0.1) is 0 Å². The zero-order valence-corrected chi connectivity index (χ0v) is 9.09. The third-order valence-corrected chi connectivity index (χ3v) is 2.87. The number of ether oxygens (including phenoxy) is 1. The Labute approximate surface area is 84.7 Å². The summed E-state index contributed by atoms with van der Waals surface area (Å²) in [7, 11) is 4.17. The van der Waals surface area contributed by atoms with Crippen LogP contribution in [0.15, 0.2) is 12.2 Å². The summed E-state index contributed by atoms with van der Waals surface area (Å²) in [5.41, 5.74) is -0.645. The van der Waals surface area contributed by atoms with Gasteiger partial charge < -0.3 is 9.64 Å². The molecule has 2 rings (SSSR count). The van der Waals surface area contributed by atoms with Crippen LogP contribution in [-0.2, 0) is 9.53 Å². The number of likely N-dealkylation sites (N-methyl/N-ethyl adjacent to an activating group) is 1. The van der Waals surface area contributed by atoms with Crippen LogP contribution in [0.3, 0.4) is 0 Å². The highest BCUT2D eigenvalue weighted by Gasteiger charge is 2.50. The number of nitrogens with one attached hydrogen (secondary N) is 1. The minimum Gasteiger partial charge on any atom is -0.354 e. The fraction of sp³-hybridized carbons (Fsp3) is 0.727. The highest BCUT2D eigenvalue weighted by molar-refractivity contribution is 5.83. The topological polar surface area (TPSA) is 30.7 Å². The van der Waals surface area contributed by atoms with Crippen LogP contribution in [0.5, 0.6) is 0 Å². The lowest BCUT2D eigenvalue weighted by molar-refractivity contribution is -0.864. The Bertz CT molecular complexity index is 298. The number of quaternary nitrogens is 1. The van der Waals surface area contributed by atoms with Crippen molar-refractivity contribution in [2.24, 2.45) is 0 Å². The number of hydrogen-bond acceptors (Lipinski definition) is 2. The summed E-state index contributed by atoms with van der Waals surface area (Å²) < 4.78 is 6.00. The minimum atomic E-state index is -0.329. The van der Waals surface area contributed by atoms with Crippen LogP contribution in [-0.4, -0.2) is 37.6 Å². The largest absolute Gasteiger partial charge is 0.354 e. The molecule has 3 heteroatoms. The Balaban J connectivity index is 2.21. The fourth-order valence-corrected chi connectivity index (χ4v) is 2.59. The second kappa shape index (κ2) is 2.91. The van der Waals surface area contributed by atoms with Crippen molar-refractivity contribution >= 4 is 5.78 Å². The van der Waals surface area contributed by atoms with Crippen molar-refractivity contribution in [1.29, 1.82) is 0 Å². The average molecular weight is 196 g/mol. The summed E-state index contributed by atoms with van der Waals surface area (Å²) in [5, 5.41) is 0. The van der Waals surface area contributed by atoms with Crippen LogP contribution in [0.1, 0.15) is 19.8 Å². The molecule has 0 saturated carbocycles. The van der Waals surface area contributed by atoms with E-state index in [4.69, 9.17) is 4.74 Å². The smallest absolute Gasteiger partial charge is 0.143 e. The Kier molecular flexibility index (Phi) is 2.05. The fourth-order valence-electron chi connectivity index (χ4n) is 2.59. The molecular weight excluding hydrogens is 178 g/mol. The number of rotatable bonds is 2. The van der Waals surface area contributed by atoms with Crippen LogP contribution in [0.4, 0.5) is 0 Å². The van der Waals surface area contributed by atoms with Crippen LogP contribution in [0, 0.1) is 0 Å². The lowest BCUT2D eigenvalue weighted by Gasteiger charge is -2.37. The van der Waals surface area contributed by atoms with Gasteiger partial charge in [0.2, 0.25) is 0 Å². The van der Waals surface area contributed by atoms with E-state index < -0.39 is 0 Å². The van der Waals surface area contributed by atoms with Gasteiger partial charge in [0.05, 0.1) is 19.7 Å². The molecule has 1 fully saturated rings. The quantitative estimate of drug-likeness (QED) is 0.608. The van der Waals surface area contributed by atoms with Crippen molar-refractivity contribution in [3.05, 3.63) is 12.2 Å². The highest BCUT2D eigenvalue weighted by atomic mass is 16.5. The number of fused-ring (bicyclic) bond motifs is 2. The van der Waals surface area contributed by atoms with E-state index in [2.05, 4.69) is 26.2 Å². The monoisotopic (exact) mass is 196 g/mol. The molecule has 0 radical (unpaired) electrons. The molecule has 0 aromatic heterocycles. The van der Waals surface area contributed by atoms with Gasteiger partial charge in [0.1, 0.15) is 17.9 Å². The summed E-state index contributed by atoms with van der Waals surface area (Å²) in [4.78, 5) is 12.9. The predicted octanol–water partition coefficient (Wildman–Crippen LogP) is -0.422. The molecule has 0 amide bonds. The van der Waals surface area contributed by atoms with Gasteiger partial charge in [-0.1, -0.05) is 6.08 Å². The average Bonchev–Trinajstić information content (AvgIpc) is 2.19.